The maximum atomic E-state index is 12.4. The highest BCUT2D eigenvalue weighted by atomic mass is 35.5. The van der Waals surface area contributed by atoms with Gasteiger partial charge in [-0.2, -0.15) is 0 Å². The van der Waals surface area contributed by atoms with Crippen molar-refractivity contribution in [3.8, 4) is 0 Å². The van der Waals surface area contributed by atoms with E-state index in [0.29, 0.717) is 27.1 Å². The van der Waals surface area contributed by atoms with Crippen molar-refractivity contribution in [2.75, 3.05) is 10.6 Å². The summed E-state index contributed by atoms with van der Waals surface area (Å²) in [5.74, 6) is -0.145. The van der Waals surface area contributed by atoms with Gasteiger partial charge in [0.1, 0.15) is 0 Å². The first kappa shape index (κ1) is 20.8. The molecule has 0 aliphatic heterocycles. The Morgan fingerprint density at radius 2 is 1.62 bits per heavy atom. The molecule has 11 heteroatoms. The Hall–Kier alpha value is -2.88. The van der Waals surface area contributed by atoms with Gasteiger partial charge in [-0.05, 0) is 61.3 Å². The van der Waals surface area contributed by atoms with Crippen molar-refractivity contribution in [1.82, 2.24) is 9.97 Å². The van der Waals surface area contributed by atoms with Crippen LogP contribution in [0.25, 0.3) is 4.72 Å². The molecule has 0 saturated heterocycles. The number of urea groups is 1. The number of benzene rings is 2. The van der Waals surface area contributed by atoms with Gasteiger partial charge >= 0.3 is 6.03 Å². The molecular weight excluding hydrogens is 437 g/mol. The number of halogens is 2. The number of sulfonamides is 1. The van der Waals surface area contributed by atoms with Gasteiger partial charge in [0, 0.05) is 17.3 Å². The van der Waals surface area contributed by atoms with Gasteiger partial charge in [-0.25, -0.2) is 13.2 Å². The molecule has 150 valence electrons. The molecule has 0 aliphatic rings. The Balaban J connectivity index is 1.66. The lowest BCUT2D eigenvalue weighted by atomic mass is 10.3. The van der Waals surface area contributed by atoms with Crippen molar-refractivity contribution in [2.45, 2.75) is 11.8 Å². The lowest BCUT2D eigenvalue weighted by Crippen LogP contribution is -2.19. The second kappa shape index (κ2) is 8.64. The molecule has 0 aliphatic carbocycles. The molecule has 0 fully saturated rings. The summed E-state index contributed by atoms with van der Waals surface area (Å²) in [6.07, 6.45) is 1.43. The number of carbonyl (C=O) groups is 1. The van der Waals surface area contributed by atoms with Crippen LogP contribution in [0.5, 0.6) is 0 Å². The zero-order chi connectivity index (χ0) is 21.0. The zero-order valence-electron chi connectivity index (χ0n) is 14.9. The summed E-state index contributed by atoms with van der Waals surface area (Å²) in [6, 6.07) is 11.3. The molecule has 0 atom stereocenters. The average molecular weight is 451 g/mol. The smallest absolute Gasteiger partial charge is 0.323 e. The van der Waals surface area contributed by atoms with Crippen molar-refractivity contribution in [2.24, 2.45) is 0 Å². The summed E-state index contributed by atoms with van der Waals surface area (Å²) in [6.45, 7) is 1.71. The van der Waals surface area contributed by atoms with Crippen LogP contribution in [0.15, 0.2) is 59.6 Å². The van der Waals surface area contributed by atoms with Gasteiger partial charge in [0.2, 0.25) is 10.0 Å². The first-order valence-corrected chi connectivity index (χ1v) is 10.3. The number of hydrogen-bond donors (Lipinski definition) is 2. The van der Waals surface area contributed by atoms with Crippen LogP contribution in [0.1, 0.15) is 5.69 Å². The largest absolute Gasteiger partial charge is 0.366 e. The van der Waals surface area contributed by atoms with E-state index in [-0.39, 0.29) is 10.8 Å². The molecule has 8 nitrogen and oxygen atoms in total. The number of nitrogens with one attached hydrogen (secondary N) is 2. The van der Waals surface area contributed by atoms with E-state index >= 15 is 0 Å². The average Bonchev–Trinajstić information content (AvgIpc) is 2.65. The van der Waals surface area contributed by atoms with Gasteiger partial charge in [-0.3, -0.25) is 4.72 Å². The van der Waals surface area contributed by atoms with Gasteiger partial charge in [-0.1, -0.05) is 29.3 Å². The van der Waals surface area contributed by atoms with Gasteiger partial charge in [0.25, 0.3) is 0 Å². The summed E-state index contributed by atoms with van der Waals surface area (Å²) >= 11 is 11.7. The zero-order valence-corrected chi connectivity index (χ0v) is 17.3. The van der Waals surface area contributed by atoms with Crippen molar-refractivity contribution >= 4 is 56.6 Å². The highest BCUT2D eigenvalue weighted by molar-refractivity contribution is 7.94. The van der Waals surface area contributed by atoms with E-state index in [1.165, 1.54) is 36.5 Å². The van der Waals surface area contributed by atoms with Crippen molar-refractivity contribution in [3.63, 3.8) is 0 Å². The summed E-state index contributed by atoms with van der Waals surface area (Å²) in [5, 5.41) is 5.86. The monoisotopic (exact) mass is 450 g/mol. The third-order valence-electron chi connectivity index (χ3n) is 3.57. The highest BCUT2D eigenvalue weighted by Crippen LogP contribution is 2.26. The van der Waals surface area contributed by atoms with E-state index in [0.717, 1.165) is 0 Å². The number of aromatic nitrogens is 2. The number of amides is 2. The number of carbonyl (C=O) groups excluding carboxylic acids is 1. The topological polar surface area (TPSA) is 115 Å². The molecule has 2 aromatic carbocycles. The highest BCUT2D eigenvalue weighted by Gasteiger charge is 2.12. The molecule has 1 aromatic heterocycles. The lowest BCUT2D eigenvalue weighted by molar-refractivity contribution is 0.262. The van der Waals surface area contributed by atoms with Crippen LogP contribution < -0.4 is 10.6 Å². The molecule has 3 rings (SSSR count). The van der Waals surface area contributed by atoms with Crippen LogP contribution in [0.3, 0.4) is 0 Å². The first-order chi connectivity index (χ1) is 13.7. The van der Waals surface area contributed by atoms with Gasteiger partial charge in [-0.15, -0.1) is 0 Å². The molecule has 2 N–H and O–H groups in total. The molecule has 2 amide bonds. The van der Waals surface area contributed by atoms with E-state index < -0.39 is 16.1 Å². The normalized spacial score (nSPS) is 11.0. The van der Waals surface area contributed by atoms with E-state index in [4.69, 9.17) is 23.2 Å². The fourth-order valence-corrected chi connectivity index (χ4v) is 3.40. The first-order valence-electron chi connectivity index (χ1n) is 8.14. The Morgan fingerprint density at radius 3 is 2.28 bits per heavy atom. The number of nitrogens with zero attached hydrogens (tertiary/aromatic N) is 3. The molecule has 0 unspecified atom stereocenters. The molecule has 0 radical (unpaired) electrons. The fraction of sp³-hybridized carbons (Fsp3) is 0.0556. The Kier molecular flexibility index (Phi) is 6.21. The summed E-state index contributed by atoms with van der Waals surface area (Å²) in [5.41, 5.74) is 1.43. The SMILES string of the molecule is Cc1ccnc([N-]S(=O)(=O)c2ccc(NC(=O)Nc3ccc(Cl)c(Cl)c3)cc2)n1. The minimum absolute atomic E-state index is 0.0574. The summed E-state index contributed by atoms with van der Waals surface area (Å²) < 4.78 is 28.4. The maximum absolute atomic E-state index is 12.4. The van der Waals surface area contributed by atoms with Crippen LogP contribution in [0.2, 0.25) is 10.0 Å². The number of hydrogen-bond acceptors (Lipinski definition) is 5. The van der Waals surface area contributed by atoms with Crippen molar-refractivity contribution < 1.29 is 13.2 Å². The van der Waals surface area contributed by atoms with Gasteiger partial charge in [0.15, 0.2) is 0 Å². The lowest BCUT2D eigenvalue weighted by Gasteiger charge is -2.14. The van der Waals surface area contributed by atoms with Crippen LogP contribution >= 0.6 is 23.2 Å². The molecule has 3 aromatic rings. The second-order valence-electron chi connectivity index (χ2n) is 5.80. The van der Waals surface area contributed by atoms with Crippen molar-refractivity contribution in [1.29, 1.82) is 0 Å². The summed E-state index contributed by atoms with van der Waals surface area (Å²) in [4.78, 5) is 19.8. The van der Waals surface area contributed by atoms with Crippen molar-refractivity contribution in [3.05, 3.63) is 75.2 Å². The van der Waals surface area contributed by atoms with E-state index in [1.807, 2.05) is 0 Å². The standard InChI is InChI=1S/C18H15Cl2N5O3S/c1-11-8-9-21-17(22-11)25-29(27,28)14-5-2-12(3-6-14)23-18(26)24-13-4-7-15(19)16(20)10-13/h2-10H,1H3,(H3,21,22,23,24,25,26)/p-1. The third-order valence-corrected chi connectivity index (χ3v) is 5.58. The minimum atomic E-state index is -3.99. The summed E-state index contributed by atoms with van der Waals surface area (Å²) in [7, 11) is -3.99. The van der Waals surface area contributed by atoms with Gasteiger partial charge in [0.05, 0.1) is 14.9 Å². The third kappa shape index (κ3) is 5.57. The molecular formula is C18H14Cl2N5O3S-. The minimum Gasteiger partial charge on any atom is -0.366 e. The predicted molar refractivity (Wildman–Crippen MR) is 113 cm³/mol. The molecule has 0 spiro atoms. The van der Waals surface area contributed by atoms with Crippen LogP contribution in [-0.4, -0.2) is 24.4 Å². The fourth-order valence-electron chi connectivity index (χ4n) is 2.22. The molecule has 0 bridgehead atoms. The Bertz CT molecular complexity index is 1150. The maximum Gasteiger partial charge on any atom is 0.323 e. The predicted octanol–water partition coefficient (Wildman–Crippen LogP) is 5.13. The van der Waals surface area contributed by atoms with Crippen LogP contribution in [0.4, 0.5) is 22.1 Å². The molecule has 1 heterocycles. The van der Waals surface area contributed by atoms with E-state index in [2.05, 4.69) is 25.3 Å². The number of aryl methyl sites for hydroxylation is 1. The van der Waals surface area contributed by atoms with Gasteiger partial charge < -0.3 is 20.6 Å². The second-order valence-corrected chi connectivity index (χ2v) is 8.22. The Labute approximate surface area is 177 Å². The number of rotatable bonds is 5. The van der Waals surface area contributed by atoms with E-state index in [9.17, 15) is 13.2 Å². The molecule has 29 heavy (non-hydrogen) atoms. The van der Waals surface area contributed by atoms with E-state index in [1.54, 1.807) is 25.1 Å². The molecule has 0 saturated carbocycles. The van der Waals surface area contributed by atoms with Crippen LogP contribution in [0, 0.1) is 6.92 Å². The Morgan fingerprint density at radius 1 is 0.966 bits per heavy atom. The van der Waals surface area contributed by atoms with Crippen LogP contribution in [-0.2, 0) is 10.0 Å². The quantitative estimate of drug-likeness (QED) is 0.558. The number of anilines is 2.